The molecule has 0 aliphatic carbocycles. The monoisotopic (exact) mass is 433 g/mol. The summed E-state index contributed by atoms with van der Waals surface area (Å²) in [5.41, 5.74) is 2.02. The van der Waals surface area contributed by atoms with Crippen LogP contribution in [-0.4, -0.2) is 69.4 Å². The van der Waals surface area contributed by atoms with Crippen LogP contribution in [-0.2, 0) is 28.0 Å². The summed E-state index contributed by atoms with van der Waals surface area (Å²) in [6, 6.07) is 10.6. The summed E-state index contributed by atoms with van der Waals surface area (Å²) in [5.74, 6) is 0.916. The highest BCUT2D eigenvalue weighted by Crippen LogP contribution is 2.28. The molecular formula is C21H31N5O5. The van der Waals surface area contributed by atoms with Crippen molar-refractivity contribution >= 4 is 24.7 Å². The van der Waals surface area contributed by atoms with Gasteiger partial charge in [0.15, 0.2) is 0 Å². The Morgan fingerprint density at radius 3 is 2.13 bits per heavy atom. The molecule has 3 rings (SSSR count). The van der Waals surface area contributed by atoms with Crippen molar-refractivity contribution in [3.8, 4) is 0 Å². The van der Waals surface area contributed by atoms with E-state index >= 15 is 0 Å². The van der Waals surface area contributed by atoms with Gasteiger partial charge in [-0.15, -0.1) is 0 Å². The number of benzene rings is 1. The summed E-state index contributed by atoms with van der Waals surface area (Å²) < 4.78 is 1.77. The zero-order valence-electron chi connectivity index (χ0n) is 18.1. The van der Waals surface area contributed by atoms with E-state index in [9.17, 15) is 4.79 Å². The Morgan fingerprint density at radius 2 is 1.68 bits per heavy atom. The number of carboxylic acid groups (broad SMARTS) is 2. The van der Waals surface area contributed by atoms with E-state index in [-0.39, 0.29) is 18.9 Å². The Morgan fingerprint density at radius 1 is 1.13 bits per heavy atom. The molecule has 10 nitrogen and oxygen atoms in total. The van der Waals surface area contributed by atoms with Crippen LogP contribution in [0.15, 0.2) is 36.5 Å². The van der Waals surface area contributed by atoms with Crippen molar-refractivity contribution < 1.29 is 24.6 Å². The predicted octanol–water partition coefficient (Wildman–Crippen LogP) is 1.32. The molecule has 0 unspecified atom stereocenters. The maximum absolute atomic E-state index is 12.6. The molecule has 4 N–H and O–H groups in total. The highest BCUT2D eigenvalue weighted by Gasteiger charge is 2.41. The van der Waals surface area contributed by atoms with Gasteiger partial charge in [-0.05, 0) is 25.3 Å². The van der Waals surface area contributed by atoms with Crippen molar-refractivity contribution in [2.45, 2.75) is 31.8 Å². The minimum absolute atomic E-state index is 0.0451. The van der Waals surface area contributed by atoms with Crippen LogP contribution >= 0.6 is 0 Å². The number of likely N-dealkylation sites (tertiary alicyclic amines) is 1. The molecule has 1 aliphatic heterocycles. The second-order valence-corrected chi connectivity index (χ2v) is 7.10. The molecule has 170 valence electrons. The van der Waals surface area contributed by atoms with Gasteiger partial charge < -0.3 is 20.8 Å². The van der Waals surface area contributed by atoms with Gasteiger partial charge in [0.25, 0.3) is 12.9 Å². The van der Waals surface area contributed by atoms with Crippen LogP contribution in [0.2, 0.25) is 0 Å². The van der Waals surface area contributed by atoms with Crippen LogP contribution in [0.1, 0.15) is 24.0 Å². The van der Waals surface area contributed by atoms with E-state index in [4.69, 9.17) is 19.8 Å². The quantitative estimate of drug-likeness (QED) is 0.518. The molecule has 0 radical (unpaired) electrons. The Hall–Kier alpha value is -3.40. The van der Waals surface area contributed by atoms with Gasteiger partial charge in [-0.25, -0.2) is 0 Å². The second kappa shape index (κ2) is 13.0. The molecule has 0 atom stereocenters. The molecule has 1 saturated heterocycles. The van der Waals surface area contributed by atoms with Gasteiger partial charge in [0, 0.05) is 39.8 Å². The maximum atomic E-state index is 12.6. The molecule has 1 aromatic carbocycles. The molecule has 31 heavy (non-hydrogen) atoms. The number of hydrogen-bond acceptors (Lipinski definition) is 6. The van der Waals surface area contributed by atoms with E-state index in [1.54, 1.807) is 17.9 Å². The summed E-state index contributed by atoms with van der Waals surface area (Å²) in [5, 5.41) is 24.2. The summed E-state index contributed by atoms with van der Waals surface area (Å²) in [7, 11) is 3.58. The highest BCUT2D eigenvalue weighted by atomic mass is 16.3. The number of nitrogens with one attached hydrogen (secondary N) is 2. The van der Waals surface area contributed by atoms with Crippen molar-refractivity contribution in [1.29, 1.82) is 0 Å². The summed E-state index contributed by atoms with van der Waals surface area (Å²) in [6.07, 6.45) is 3.28. The van der Waals surface area contributed by atoms with Gasteiger partial charge in [0.2, 0.25) is 5.91 Å². The van der Waals surface area contributed by atoms with Gasteiger partial charge in [0.1, 0.15) is 11.4 Å². The molecule has 0 bridgehead atoms. The molecule has 0 saturated carbocycles. The SMILES string of the molecule is CNC(=O)C1(Nc2ccnn2C)CCN(Cc2ccc(C)cc2)CC1.O=CO.O=CO. The first-order valence-corrected chi connectivity index (χ1v) is 9.77. The summed E-state index contributed by atoms with van der Waals surface area (Å²) >= 11 is 0. The largest absolute Gasteiger partial charge is 0.483 e. The number of likely N-dealkylation sites (N-methyl/N-ethyl adjacent to an activating group) is 1. The van der Waals surface area contributed by atoms with Gasteiger partial charge in [0.05, 0.1) is 6.20 Å². The van der Waals surface area contributed by atoms with Crippen LogP contribution in [0, 0.1) is 6.92 Å². The minimum atomic E-state index is -0.577. The van der Waals surface area contributed by atoms with Crippen molar-refractivity contribution in [3.63, 3.8) is 0 Å². The fourth-order valence-electron chi connectivity index (χ4n) is 3.43. The smallest absolute Gasteiger partial charge is 0.290 e. The first kappa shape index (κ1) is 25.6. The number of anilines is 1. The van der Waals surface area contributed by atoms with E-state index < -0.39 is 5.54 Å². The number of amides is 1. The van der Waals surface area contributed by atoms with Crippen molar-refractivity contribution in [1.82, 2.24) is 20.0 Å². The molecule has 2 aromatic rings. The zero-order valence-corrected chi connectivity index (χ0v) is 18.1. The third kappa shape index (κ3) is 7.74. The molecule has 1 amide bonds. The lowest BCUT2D eigenvalue weighted by atomic mass is 9.86. The Bertz CT molecular complexity index is 808. The minimum Gasteiger partial charge on any atom is -0.483 e. The van der Waals surface area contributed by atoms with E-state index in [1.165, 1.54) is 11.1 Å². The predicted molar refractivity (Wildman–Crippen MR) is 117 cm³/mol. The number of piperidine rings is 1. The fourth-order valence-corrected chi connectivity index (χ4v) is 3.43. The normalized spacial score (nSPS) is 14.7. The van der Waals surface area contributed by atoms with Gasteiger partial charge in [-0.2, -0.15) is 5.10 Å². The average Bonchev–Trinajstić information content (AvgIpc) is 3.16. The topological polar surface area (TPSA) is 137 Å². The maximum Gasteiger partial charge on any atom is 0.290 e. The van der Waals surface area contributed by atoms with Crippen LogP contribution in [0.5, 0.6) is 0 Å². The average molecular weight is 434 g/mol. The number of rotatable bonds is 5. The summed E-state index contributed by atoms with van der Waals surface area (Å²) in [6.45, 7) is 4.29. The van der Waals surface area contributed by atoms with E-state index in [2.05, 4.69) is 51.8 Å². The lowest BCUT2D eigenvalue weighted by Gasteiger charge is -2.41. The Kier molecular flexibility index (Phi) is 10.8. The lowest BCUT2D eigenvalue weighted by Crippen LogP contribution is -2.57. The Balaban J connectivity index is 0.000000720. The molecular weight excluding hydrogens is 402 g/mol. The number of aryl methyl sites for hydroxylation is 2. The lowest BCUT2D eigenvalue weighted by molar-refractivity contribution is -0.126. The van der Waals surface area contributed by atoms with E-state index in [0.717, 1.165) is 38.3 Å². The van der Waals surface area contributed by atoms with Crippen molar-refractivity contribution in [2.24, 2.45) is 7.05 Å². The third-order valence-electron chi connectivity index (χ3n) is 5.09. The molecule has 1 aromatic heterocycles. The van der Waals surface area contributed by atoms with Gasteiger partial charge in [-0.1, -0.05) is 29.8 Å². The van der Waals surface area contributed by atoms with Crippen LogP contribution in [0.4, 0.5) is 5.82 Å². The fraction of sp³-hybridized carbons (Fsp3) is 0.429. The first-order chi connectivity index (χ1) is 14.8. The number of nitrogens with zero attached hydrogens (tertiary/aromatic N) is 3. The van der Waals surface area contributed by atoms with E-state index in [0.29, 0.717) is 0 Å². The first-order valence-electron chi connectivity index (χ1n) is 9.77. The van der Waals surface area contributed by atoms with Crippen LogP contribution in [0.25, 0.3) is 0 Å². The number of carbonyl (C=O) groups is 3. The Labute approximate surface area is 181 Å². The second-order valence-electron chi connectivity index (χ2n) is 7.10. The van der Waals surface area contributed by atoms with Crippen molar-refractivity contribution in [3.05, 3.63) is 47.7 Å². The van der Waals surface area contributed by atoms with Crippen molar-refractivity contribution in [2.75, 3.05) is 25.5 Å². The molecule has 10 heteroatoms. The number of hydrogen-bond donors (Lipinski definition) is 4. The van der Waals surface area contributed by atoms with Crippen LogP contribution < -0.4 is 10.6 Å². The van der Waals surface area contributed by atoms with Crippen LogP contribution in [0.3, 0.4) is 0 Å². The molecule has 2 heterocycles. The highest BCUT2D eigenvalue weighted by molar-refractivity contribution is 5.89. The molecule has 1 aliphatic rings. The standard InChI is InChI=1S/C19H27N5O.2CH2O2/c1-15-4-6-16(7-5-15)14-24-12-9-19(10-13-24,18(25)20-2)22-17-8-11-21-23(17)3;2*2-1-3/h4-8,11,22H,9-10,12-14H2,1-3H3,(H,20,25);2*1H,(H,2,3). The third-order valence-corrected chi connectivity index (χ3v) is 5.09. The van der Waals surface area contributed by atoms with Gasteiger partial charge in [-0.3, -0.25) is 24.0 Å². The number of aromatic nitrogens is 2. The molecule has 0 spiro atoms. The van der Waals surface area contributed by atoms with Gasteiger partial charge >= 0.3 is 0 Å². The summed E-state index contributed by atoms with van der Waals surface area (Å²) in [4.78, 5) is 31.7. The van der Waals surface area contributed by atoms with E-state index in [1.807, 2.05) is 13.1 Å². The number of carbonyl (C=O) groups excluding carboxylic acids is 1. The molecule has 1 fully saturated rings. The zero-order chi connectivity index (χ0) is 23.3.